The maximum absolute atomic E-state index is 12.4. The molecule has 0 spiro atoms. The van der Waals surface area contributed by atoms with E-state index >= 15 is 0 Å². The molecule has 2 amide bonds. The fraction of sp³-hybridized carbons (Fsp3) is 0.0833. The summed E-state index contributed by atoms with van der Waals surface area (Å²) < 4.78 is 0.127. The van der Waals surface area contributed by atoms with Crippen LogP contribution in [0.4, 0.5) is 11.4 Å². The van der Waals surface area contributed by atoms with E-state index in [1.807, 2.05) is 0 Å². The summed E-state index contributed by atoms with van der Waals surface area (Å²) in [5, 5.41) is 11.7. The summed E-state index contributed by atoms with van der Waals surface area (Å²) >= 11 is 5.85. The molecule has 0 aliphatic carbocycles. The van der Waals surface area contributed by atoms with Crippen molar-refractivity contribution in [2.24, 2.45) is 5.84 Å². The topological polar surface area (TPSA) is 110 Å². The van der Waals surface area contributed by atoms with E-state index in [1.165, 1.54) is 30.1 Å². The Bertz CT molecular complexity index is 804. The first kappa shape index (κ1) is 14.6. The Morgan fingerprint density at radius 1 is 1.32 bits per heavy atom. The van der Waals surface area contributed by atoms with E-state index in [9.17, 15) is 19.7 Å². The number of nitro benzene ring substituents is 1. The van der Waals surface area contributed by atoms with Crippen molar-refractivity contribution < 1.29 is 14.5 Å². The fourth-order valence-corrected chi connectivity index (χ4v) is 3.45. The van der Waals surface area contributed by atoms with Crippen molar-refractivity contribution in [1.82, 2.24) is 5.01 Å². The zero-order valence-electron chi connectivity index (χ0n) is 11.1. The predicted molar refractivity (Wildman–Crippen MR) is 84.6 cm³/mol. The molecular formula is C12H8N4O4S2. The number of amides is 2. The lowest BCUT2D eigenvalue weighted by Crippen LogP contribution is -2.35. The van der Waals surface area contributed by atoms with Crippen LogP contribution in [0.3, 0.4) is 0 Å². The van der Waals surface area contributed by atoms with Crippen LogP contribution in [0.25, 0.3) is 5.57 Å². The number of non-ortho nitro benzene ring substituents is 1. The average Bonchev–Trinajstić information content (AvgIpc) is 2.88. The predicted octanol–water partition coefficient (Wildman–Crippen LogP) is 1.02. The number of rotatable bonds is 1. The number of carbonyl (C=O) groups excluding carboxylic acids is 2. The maximum Gasteiger partial charge on any atom is 0.281 e. The van der Waals surface area contributed by atoms with E-state index in [2.05, 4.69) is 0 Å². The van der Waals surface area contributed by atoms with Crippen LogP contribution in [0.1, 0.15) is 5.56 Å². The number of nitrogens with zero attached hydrogens (tertiary/aromatic N) is 3. The summed E-state index contributed by atoms with van der Waals surface area (Å²) in [6, 6.07) is 4.05. The molecule has 0 atom stereocenters. The van der Waals surface area contributed by atoms with Gasteiger partial charge < -0.3 is 4.90 Å². The smallest absolute Gasteiger partial charge is 0.281 e. The molecule has 2 N–H and O–H groups in total. The largest absolute Gasteiger partial charge is 0.311 e. The molecule has 2 aliphatic heterocycles. The van der Waals surface area contributed by atoms with Crippen molar-refractivity contribution in [3.8, 4) is 0 Å². The Kier molecular flexibility index (Phi) is 3.24. The van der Waals surface area contributed by atoms with Gasteiger partial charge in [0.05, 0.1) is 21.1 Å². The first-order chi connectivity index (χ1) is 10.3. The van der Waals surface area contributed by atoms with Gasteiger partial charge in [0, 0.05) is 24.7 Å². The number of thioether (sulfide) groups is 1. The SMILES string of the molecule is CN1C(=O)/C(=C2\SC(=S)N(N)C2=O)c2cc([N+](=O)[O-])ccc21. The van der Waals surface area contributed by atoms with Gasteiger partial charge in [0.15, 0.2) is 4.32 Å². The molecule has 1 aromatic rings. The number of hydrogen-bond donors (Lipinski definition) is 1. The third-order valence-electron chi connectivity index (χ3n) is 3.37. The highest BCUT2D eigenvalue weighted by Gasteiger charge is 2.40. The minimum atomic E-state index is -0.592. The molecule has 0 aromatic heterocycles. The number of benzene rings is 1. The van der Waals surface area contributed by atoms with Gasteiger partial charge in [-0.2, -0.15) is 0 Å². The van der Waals surface area contributed by atoms with Crippen LogP contribution in [-0.2, 0) is 9.59 Å². The number of anilines is 1. The summed E-state index contributed by atoms with van der Waals surface area (Å²) in [5.74, 6) is 4.49. The van der Waals surface area contributed by atoms with Gasteiger partial charge in [-0.3, -0.25) is 19.7 Å². The van der Waals surface area contributed by atoms with Crippen LogP contribution in [-0.4, -0.2) is 33.1 Å². The molecule has 1 saturated heterocycles. The molecule has 1 fully saturated rings. The fourth-order valence-electron chi connectivity index (χ4n) is 2.27. The van der Waals surface area contributed by atoms with E-state index in [0.29, 0.717) is 11.3 Å². The molecule has 2 aliphatic rings. The van der Waals surface area contributed by atoms with Gasteiger partial charge in [0.25, 0.3) is 17.5 Å². The number of likely N-dealkylation sites (N-methyl/N-ethyl adjacent to an activating group) is 1. The molecule has 2 heterocycles. The molecule has 0 unspecified atom stereocenters. The summed E-state index contributed by atoms with van der Waals surface area (Å²) in [6.07, 6.45) is 0. The molecule has 0 radical (unpaired) electrons. The molecule has 0 saturated carbocycles. The number of hydrazine groups is 1. The molecule has 0 bridgehead atoms. The van der Waals surface area contributed by atoms with E-state index in [4.69, 9.17) is 18.1 Å². The Balaban J connectivity index is 2.26. The van der Waals surface area contributed by atoms with Gasteiger partial charge in [0.1, 0.15) is 0 Å². The van der Waals surface area contributed by atoms with Crippen LogP contribution < -0.4 is 10.7 Å². The summed E-state index contributed by atoms with van der Waals surface area (Å²) in [5.41, 5.74) is 0.748. The number of nitro groups is 1. The molecule has 8 nitrogen and oxygen atoms in total. The highest BCUT2D eigenvalue weighted by molar-refractivity contribution is 8.26. The number of carbonyl (C=O) groups is 2. The molecule has 3 rings (SSSR count). The molecule has 1 aromatic carbocycles. The van der Waals surface area contributed by atoms with Crippen LogP contribution >= 0.6 is 24.0 Å². The van der Waals surface area contributed by atoms with Crippen LogP contribution in [0.5, 0.6) is 0 Å². The number of nitrogens with two attached hydrogens (primary N) is 1. The number of thiocarbonyl (C=S) groups is 1. The standard InChI is InChI=1S/C12H8N4O4S2/c1-14-7-3-2-5(16(19)20)4-6(7)8(10(14)17)9-11(18)15(13)12(21)22-9/h2-4H,13H2,1H3/b9-8-. The van der Waals surface area contributed by atoms with Crippen molar-refractivity contribution in [1.29, 1.82) is 0 Å². The Morgan fingerprint density at radius 2 is 2.00 bits per heavy atom. The quantitative estimate of drug-likeness (QED) is 0.203. The van der Waals surface area contributed by atoms with E-state index in [0.717, 1.165) is 16.8 Å². The van der Waals surface area contributed by atoms with Crippen molar-refractivity contribution in [3.63, 3.8) is 0 Å². The van der Waals surface area contributed by atoms with E-state index in [-0.39, 0.29) is 20.5 Å². The van der Waals surface area contributed by atoms with Gasteiger partial charge >= 0.3 is 0 Å². The molecule has 112 valence electrons. The monoisotopic (exact) mass is 336 g/mol. The van der Waals surface area contributed by atoms with Gasteiger partial charge in [-0.1, -0.05) is 24.0 Å². The van der Waals surface area contributed by atoms with E-state index < -0.39 is 16.7 Å². The molecular weight excluding hydrogens is 328 g/mol. The third-order valence-corrected chi connectivity index (χ3v) is 4.77. The van der Waals surface area contributed by atoms with Crippen LogP contribution in [0, 0.1) is 10.1 Å². The third kappa shape index (κ3) is 1.92. The second-order valence-corrected chi connectivity index (χ2v) is 6.21. The molecule has 10 heteroatoms. The summed E-state index contributed by atoms with van der Waals surface area (Å²) in [4.78, 5) is 36.3. The van der Waals surface area contributed by atoms with Crippen LogP contribution in [0.2, 0.25) is 0 Å². The second-order valence-electron chi connectivity index (χ2n) is 4.57. The van der Waals surface area contributed by atoms with Crippen molar-refractivity contribution in [2.45, 2.75) is 0 Å². The van der Waals surface area contributed by atoms with Gasteiger partial charge in [-0.15, -0.1) is 0 Å². The highest BCUT2D eigenvalue weighted by Crippen LogP contribution is 2.44. The minimum absolute atomic E-state index is 0.0867. The van der Waals surface area contributed by atoms with Gasteiger partial charge in [0.2, 0.25) is 0 Å². The van der Waals surface area contributed by atoms with E-state index in [1.54, 1.807) is 0 Å². The number of hydrogen-bond acceptors (Lipinski definition) is 7. The lowest BCUT2D eigenvalue weighted by molar-refractivity contribution is -0.384. The molecule has 22 heavy (non-hydrogen) atoms. The van der Waals surface area contributed by atoms with Gasteiger partial charge in [-0.05, 0) is 6.07 Å². The zero-order valence-corrected chi connectivity index (χ0v) is 12.7. The second kappa shape index (κ2) is 4.87. The highest BCUT2D eigenvalue weighted by atomic mass is 32.2. The lowest BCUT2D eigenvalue weighted by Gasteiger charge is -2.08. The van der Waals surface area contributed by atoms with Gasteiger partial charge in [-0.25, -0.2) is 10.9 Å². The Hall–Kier alpha value is -2.30. The Labute approximate surface area is 133 Å². The average molecular weight is 336 g/mol. The van der Waals surface area contributed by atoms with Crippen molar-refractivity contribution in [2.75, 3.05) is 11.9 Å². The summed E-state index contributed by atoms with van der Waals surface area (Å²) in [6.45, 7) is 0. The normalized spacial score (nSPS) is 20.9. The first-order valence-corrected chi connectivity index (χ1v) is 7.17. The van der Waals surface area contributed by atoms with Crippen molar-refractivity contribution >= 4 is 57.1 Å². The summed E-state index contributed by atoms with van der Waals surface area (Å²) in [7, 11) is 1.53. The van der Waals surface area contributed by atoms with Crippen molar-refractivity contribution in [3.05, 3.63) is 38.8 Å². The number of fused-ring (bicyclic) bond motifs is 1. The lowest BCUT2D eigenvalue weighted by atomic mass is 10.1. The minimum Gasteiger partial charge on any atom is -0.311 e. The Morgan fingerprint density at radius 3 is 2.55 bits per heavy atom. The maximum atomic E-state index is 12.4. The van der Waals surface area contributed by atoms with Crippen LogP contribution in [0.15, 0.2) is 23.1 Å². The zero-order chi connectivity index (χ0) is 16.2. The first-order valence-electron chi connectivity index (χ1n) is 5.95.